The molecule has 1 unspecified atom stereocenters. The van der Waals surface area contributed by atoms with E-state index in [4.69, 9.17) is 21.4 Å². The summed E-state index contributed by atoms with van der Waals surface area (Å²) in [5.41, 5.74) is 1.19. The zero-order valence-electron chi connectivity index (χ0n) is 11.5. The van der Waals surface area contributed by atoms with Crippen LogP contribution < -0.4 is 15.4 Å². The van der Waals surface area contributed by atoms with E-state index in [1.54, 1.807) is 26.0 Å². The fourth-order valence-electron chi connectivity index (χ4n) is 1.58. The number of ether oxygens (including phenoxy) is 1. The summed E-state index contributed by atoms with van der Waals surface area (Å²) in [5, 5.41) is 14.3. The Bertz CT molecular complexity index is 519. The molecule has 1 aromatic rings. The van der Waals surface area contributed by atoms with Crippen LogP contribution in [0.15, 0.2) is 12.1 Å². The highest BCUT2D eigenvalue weighted by Crippen LogP contribution is 2.30. The molecule has 0 heterocycles. The number of carbonyl (C=O) groups excluding carboxylic acids is 1. The first-order valence-corrected chi connectivity index (χ1v) is 6.41. The number of carboxylic acid groups (broad SMARTS) is 1. The van der Waals surface area contributed by atoms with E-state index in [1.807, 2.05) is 0 Å². The van der Waals surface area contributed by atoms with E-state index in [2.05, 4.69) is 10.6 Å². The Morgan fingerprint density at radius 1 is 1.45 bits per heavy atom. The van der Waals surface area contributed by atoms with Gasteiger partial charge < -0.3 is 20.5 Å². The maximum atomic E-state index is 11.8. The number of urea groups is 1. The molecular formula is C13H17ClN2O4. The average Bonchev–Trinajstić information content (AvgIpc) is 2.39. The van der Waals surface area contributed by atoms with Crippen molar-refractivity contribution in [2.75, 3.05) is 12.4 Å². The Morgan fingerprint density at radius 2 is 2.10 bits per heavy atom. The first-order chi connectivity index (χ1) is 9.38. The molecule has 1 aromatic carbocycles. The predicted octanol–water partition coefficient (Wildman–Crippen LogP) is 2.64. The molecule has 0 radical (unpaired) electrons. The Balaban J connectivity index is 2.85. The lowest BCUT2D eigenvalue weighted by molar-refractivity contribution is -0.139. The van der Waals surface area contributed by atoms with Gasteiger partial charge in [0.15, 0.2) is 0 Å². The predicted molar refractivity (Wildman–Crippen MR) is 76.6 cm³/mol. The lowest BCUT2D eigenvalue weighted by Crippen LogP contribution is -2.42. The van der Waals surface area contributed by atoms with Crippen molar-refractivity contribution >= 4 is 29.3 Å². The zero-order chi connectivity index (χ0) is 15.3. The number of benzene rings is 1. The zero-order valence-corrected chi connectivity index (χ0v) is 12.2. The Labute approximate surface area is 122 Å². The molecule has 1 rings (SSSR count). The van der Waals surface area contributed by atoms with Gasteiger partial charge in [-0.05, 0) is 25.0 Å². The minimum Gasteiger partial charge on any atom is -0.495 e. The summed E-state index contributed by atoms with van der Waals surface area (Å²) in [6, 6.07) is 1.69. The molecule has 0 saturated carbocycles. The van der Waals surface area contributed by atoms with Crippen LogP contribution in [0.1, 0.15) is 18.9 Å². The third-order valence-corrected chi connectivity index (χ3v) is 3.15. The van der Waals surface area contributed by atoms with Crippen LogP contribution in [0.5, 0.6) is 5.75 Å². The van der Waals surface area contributed by atoms with E-state index in [9.17, 15) is 9.59 Å². The van der Waals surface area contributed by atoms with Crippen LogP contribution in [0.3, 0.4) is 0 Å². The summed E-state index contributed by atoms with van der Waals surface area (Å²) in [7, 11) is 1.45. The van der Waals surface area contributed by atoms with Gasteiger partial charge in [0.25, 0.3) is 0 Å². The first kappa shape index (κ1) is 16.1. The van der Waals surface area contributed by atoms with E-state index in [-0.39, 0.29) is 0 Å². The second-order valence-electron chi connectivity index (χ2n) is 4.20. The molecule has 3 N–H and O–H groups in total. The summed E-state index contributed by atoms with van der Waals surface area (Å²) in [6.07, 6.45) is 0.291. The van der Waals surface area contributed by atoms with Gasteiger partial charge in [-0.15, -0.1) is 0 Å². The maximum absolute atomic E-state index is 11.8. The third-order valence-electron chi connectivity index (χ3n) is 2.74. The number of carboxylic acids is 1. The standard InChI is InChI=1S/C13H17ClN2O4/c1-4-9(12(17)18)15-13(19)16-10-5-7(2)8(14)6-11(10)20-3/h5-6,9H,4H2,1-3H3,(H,17,18)(H2,15,16,19). The number of aliphatic carboxylic acids is 1. The van der Waals surface area contributed by atoms with Gasteiger partial charge in [-0.2, -0.15) is 0 Å². The minimum atomic E-state index is -1.08. The summed E-state index contributed by atoms with van der Waals surface area (Å²) >= 11 is 5.96. The van der Waals surface area contributed by atoms with Crippen molar-refractivity contribution in [3.05, 3.63) is 22.7 Å². The molecule has 20 heavy (non-hydrogen) atoms. The number of hydrogen-bond donors (Lipinski definition) is 3. The molecule has 0 saturated heterocycles. The molecule has 110 valence electrons. The smallest absolute Gasteiger partial charge is 0.326 e. The van der Waals surface area contributed by atoms with Crippen LogP contribution in [0.25, 0.3) is 0 Å². The van der Waals surface area contributed by atoms with Crippen molar-refractivity contribution in [3.8, 4) is 5.75 Å². The molecule has 6 nitrogen and oxygen atoms in total. The van der Waals surface area contributed by atoms with Crippen molar-refractivity contribution < 1.29 is 19.4 Å². The van der Waals surface area contributed by atoms with Gasteiger partial charge in [-0.3, -0.25) is 0 Å². The average molecular weight is 301 g/mol. The topological polar surface area (TPSA) is 87.7 Å². The fraction of sp³-hybridized carbons (Fsp3) is 0.385. The van der Waals surface area contributed by atoms with Crippen molar-refractivity contribution in [1.29, 1.82) is 0 Å². The van der Waals surface area contributed by atoms with Crippen LogP contribution in [0, 0.1) is 6.92 Å². The van der Waals surface area contributed by atoms with Crippen molar-refractivity contribution in [2.24, 2.45) is 0 Å². The number of hydrogen-bond acceptors (Lipinski definition) is 3. The third kappa shape index (κ3) is 4.03. The number of rotatable bonds is 5. The van der Waals surface area contributed by atoms with Crippen LogP contribution in [-0.2, 0) is 4.79 Å². The highest BCUT2D eigenvalue weighted by molar-refractivity contribution is 6.31. The number of nitrogens with one attached hydrogen (secondary N) is 2. The van der Waals surface area contributed by atoms with Gasteiger partial charge in [0.1, 0.15) is 11.8 Å². The normalized spacial score (nSPS) is 11.6. The van der Waals surface area contributed by atoms with Gasteiger partial charge in [-0.1, -0.05) is 18.5 Å². The first-order valence-electron chi connectivity index (χ1n) is 6.03. The molecule has 1 atom stereocenters. The van der Waals surface area contributed by atoms with Gasteiger partial charge in [0.05, 0.1) is 12.8 Å². The maximum Gasteiger partial charge on any atom is 0.326 e. The summed E-state index contributed by atoms with van der Waals surface area (Å²) < 4.78 is 5.12. The molecule has 2 amide bonds. The summed E-state index contributed by atoms with van der Waals surface area (Å²) in [6.45, 7) is 3.46. The van der Waals surface area contributed by atoms with Crippen LogP contribution in [0.2, 0.25) is 5.02 Å². The van der Waals surface area contributed by atoms with E-state index >= 15 is 0 Å². The van der Waals surface area contributed by atoms with E-state index in [0.717, 1.165) is 5.56 Å². The molecule has 0 aliphatic heterocycles. The van der Waals surface area contributed by atoms with E-state index in [1.165, 1.54) is 7.11 Å². The van der Waals surface area contributed by atoms with Crippen molar-refractivity contribution in [1.82, 2.24) is 5.32 Å². The summed E-state index contributed by atoms with van der Waals surface area (Å²) in [4.78, 5) is 22.6. The monoisotopic (exact) mass is 300 g/mol. The van der Waals surface area contributed by atoms with Crippen molar-refractivity contribution in [2.45, 2.75) is 26.3 Å². The number of aryl methyl sites for hydroxylation is 1. The lowest BCUT2D eigenvalue weighted by Gasteiger charge is -2.15. The molecular weight excluding hydrogens is 284 g/mol. The van der Waals surface area contributed by atoms with Gasteiger partial charge in [-0.25, -0.2) is 9.59 Å². The Hall–Kier alpha value is -1.95. The fourth-order valence-corrected chi connectivity index (χ4v) is 1.74. The summed E-state index contributed by atoms with van der Waals surface area (Å²) in [5.74, 6) is -0.680. The molecule has 0 spiro atoms. The molecule has 7 heteroatoms. The second-order valence-corrected chi connectivity index (χ2v) is 4.61. The number of anilines is 1. The largest absolute Gasteiger partial charge is 0.495 e. The van der Waals surface area contributed by atoms with Crippen molar-refractivity contribution in [3.63, 3.8) is 0 Å². The van der Waals surface area contributed by atoms with Crippen LogP contribution in [-0.4, -0.2) is 30.3 Å². The number of methoxy groups -OCH3 is 1. The molecule has 0 fully saturated rings. The highest BCUT2D eigenvalue weighted by Gasteiger charge is 2.18. The van der Waals surface area contributed by atoms with E-state index < -0.39 is 18.0 Å². The molecule has 0 bridgehead atoms. The van der Waals surface area contributed by atoms with Gasteiger partial charge in [0.2, 0.25) is 0 Å². The molecule has 0 aliphatic rings. The lowest BCUT2D eigenvalue weighted by atomic mass is 10.2. The van der Waals surface area contributed by atoms with E-state index in [0.29, 0.717) is 22.9 Å². The number of amides is 2. The quantitative estimate of drug-likeness (QED) is 0.780. The Kier molecular flexibility index (Phi) is 5.64. The van der Waals surface area contributed by atoms with Crippen LogP contribution in [0.4, 0.5) is 10.5 Å². The van der Waals surface area contributed by atoms with Crippen LogP contribution >= 0.6 is 11.6 Å². The molecule has 0 aliphatic carbocycles. The SMILES string of the molecule is CCC(NC(=O)Nc1cc(C)c(Cl)cc1OC)C(=O)O. The number of halogens is 1. The highest BCUT2D eigenvalue weighted by atomic mass is 35.5. The van der Waals surface area contributed by atoms with Gasteiger partial charge >= 0.3 is 12.0 Å². The Morgan fingerprint density at radius 3 is 2.60 bits per heavy atom. The number of carbonyl (C=O) groups is 2. The second kappa shape index (κ2) is 7.00. The minimum absolute atomic E-state index is 0.291. The molecule has 0 aromatic heterocycles. The van der Waals surface area contributed by atoms with Gasteiger partial charge in [0, 0.05) is 11.1 Å².